The molecule has 0 aliphatic rings. The van der Waals surface area contributed by atoms with Gasteiger partial charge in [-0.3, -0.25) is 15.5 Å². The molecule has 0 heterocycles. The minimum absolute atomic E-state index is 0.0397. The first kappa shape index (κ1) is 22.1. The first-order chi connectivity index (χ1) is 13.2. The number of halogens is 2. The van der Waals surface area contributed by atoms with Gasteiger partial charge in [-0.2, -0.15) is 9.41 Å². The van der Waals surface area contributed by atoms with E-state index in [9.17, 15) is 18.5 Å². The monoisotopic (exact) mass is 444 g/mol. The molecular weight excluding hydrogens is 427 g/mol. The van der Waals surface area contributed by atoms with Crippen molar-refractivity contribution in [3.05, 3.63) is 62.1 Å². The van der Waals surface area contributed by atoms with Gasteiger partial charge in [-0.25, -0.2) is 8.42 Å². The SMILES string of the molecule is CCN(CC)S(=O)(=O)c1ccc(N/N=C/c2cccc(Cl)c2Cl)c([N+](=O)[O-])c1. The van der Waals surface area contributed by atoms with Gasteiger partial charge < -0.3 is 0 Å². The summed E-state index contributed by atoms with van der Waals surface area (Å²) in [5, 5.41) is 16.0. The van der Waals surface area contributed by atoms with E-state index in [-0.39, 0.29) is 23.7 Å². The number of hydrogen-bond donors (Lipinski definition) is 1. The van der Waals surface area contributed by atoms with Crippen LogP contribution >= 0.6 is 23.2 Å². The first-order valence-electron chi connectivity index (χ1n) is 8.24. The Hall–Kier alpha value is -2.20. The van der Waals surface area contributed by atoms with E-state index in [1.165, 1.54) is 22.7 Å². The summed E-state index contributed by atoms with van der Waals surface area (Å²) in [5.41, 5.74) is 2.69. The molecule has 1 N–H and O–H groups in total. The van der Waals surface area contributed by atoms with Crippen LogP contribution < -0.4 is 5.43 Å². The minimum atomic E-state index is -3.82. The average Bonchev–Trinajstić information content (AvgIpc) is 2.65. The van der Waals surface area contributed by atoms with Gasteiger partial charge in [0.15, 0.2) is 0 Å². The fraction of sp³-hybridized carbons (Fsp3) is 0.235. The molecule has 0 saturated carbocycles. The molecule has 0 fully saturated rings. The highest BCUT2D eigenvalue weighted by Crippen LogP contribution is 2.29. The second kappa shape index (κ2) is 9.33. The molecule has 2 aromatic carbocycles. The smallest absolute Gasteiger partial charge is 0.272 e. The third kappa shape index (κ3) is 4.79. The Balaban J connectivity index is 2.35. The van der Waals surface area contributed by atoms with Crippen LogP contribution in [0, 0.1) is 10.1 Å². The minimum Gasteiger partial charge on any atom is -0.272 e. The van der Waals surface area contributed by atoms with Crippen molar-refractivity contribution in [3.63, 3.8) is 0 Å². The van der Waals surface area contributed by atoms with Crippen molar-refractivity contribution < 1.29 is 13.3 Å². The quantitative estimate of drug-likeness (QED) is 0.369. The highest BCUT2D eigenvalue weighted by Gasteiger charge is 2.25. The summed E-state index contributed by atoms with van der Waals surface area (Å²) >= 11 is 12.0. The number of hydrazone groups is 1. The van der Waals surface area contributed by atoms with Gasteiger partial charge >= 0.3 is 0 Å². The predicted octanol–water partition coefficient (Wildman–Crippen LogP) is 4.38. The summed E-state index contributed by atoms with van der Waals surface area (Å²) in [7, 11) is -3.82. The summed E-state index contributed by atoms with van der Waals surface area (Å²) < 4.78 is 26.4. The second-order valence-corrected chi connectivity index (χ2v) is 8.26. The fourth-order valence-corrected chi connectivity index (χ4v) is 4.26. The van der Waals surface area contributed by atoms with E-state index >= 15 is 0 Å². The molecule has 2 aromatic rings. The molecular formula is C17H18Cl2N4O4S. The lowest BCUT2D eigenvalue weighted by atomic mass is 10.2. The zero-order valence-corrected chi connectivity index (χ0v) is 17.4. The van der Waals surface area contributed by atoms with Crippen LogP contribution in [-0.4, -0.2) is 37.0 Å². The second-order valence-electron chi connectivity index (χ2n) is 5.54. The maximum atomic E-state index is 12.6. The number of nitro benzene ring substituents is 1. The molecule has 0 aromatic heterocycles. The van der Waals surface area contributed by atoms with E-state index in [4.69, 9.17) is 23.2 Å². The molecule has 150 valence electrons. The van der Waals surface area contributed by atoms with Gasteiger partial charge in [-0.05, 0) is 18.2 Å². The molecule has 0 atom stereocenters. The highest BCUT2D eigenvalue weighted by atomic mass is 35.5. The van der Waals surface area contributed by atoms with Crippen molar-refractivity contribution in [1.82, 2.24) is 4.31 Å². The summed E-state index contributed by atoms with van der Waals surface area (Å²) in [6, 6.07) is 8.58. The third-order valence-electron chi connectivity index (χ3n) is 3.88. The summed E-state index contributed by atoms with van der Waals surface area (Å²) in [6.07, 6.45) is 1.36. The fourth-order valence-electron chi connectivity index (χ4n) is 2.42. The van der Waals surface area contributed by atoms with Crippen LogP contribution in [-0.2, 0) is 10.0 Å². The molecule has 0 aliphatic carbocycles. The van der Waals surface area contributed by atoms with Gasteiger partial charge in [0.25, 0.3) is 5.69 Å². The standard InChI is InChI=1S/C17H18Cl2N4O4S/c1-3-22(4-2)28(26,27)13-8-9-15(16(10-13)23(24)25)21-20-11-12-6-5-7-14(18)17(12)19/h5-11,21H,3-4H2,1-2H3/b20-11+. The maximum absolute atomic E-state index is 12.6. The largest absolute Gasteiger partial charge is 0.295 e. The summed E-state index contributed by atoms with van der Waals surface area (Å²) in [5.74, 6) is 0. The number of nitrogens with zero attached hydrogens (tertiary/aromatic N) is 3. The van der Waals surface area contributed by atoms with Gasteiger partial charge in [0.2, 0.25) is 10.0 Å². The van der Waals surface area contributed by atoms with Crippen LogP contribution in [0.5, 0.6) is 0 Å². The Morgan fingerprint density at radius 1 is 1.21 bits per heavy atom. The molecule has 0 saturated heterocycles. The molecule has 28 heavy (non-hydrogen) atoms. The summed E-state index contributed by atoms with van der Waals surface area (Å²) in [4.78, 5) is 10.6. The number of nitro groups is 1. The van der Waals surface area contributed by atoms with Crippen molar-refractivity contribution in [2.24, 2.45) is 5.10 Å². The van der Waals surface area contributed by atoms with Crippen molar-refractivity contribution in [2.45, 2.75) is 18.7 Å². The lowest BCUT2D eigenvalue weighted by Gasteiger charge is -2.18. The molecule has 2 rings (SSSR count). The Morgan fingerprint density at radius 3 is 2.50 bits per heavy atom. The van der Waals surface area contributed by atoms with Crippen molar-refractivity contribution in [2.75, 3.05) is 18.5 Å². The third-order valence-corrected chi connectivity index (χ3v) is 6.76. The van der Waals surface area contributed by atoms with Crippen molar-refractivity contribution >= 4 is 50.8 Å². The molecule has 0 amide bonds. The molecule has 0 spiro atoms. The summed E-state index contributed by atoms with van der Waals surface area (Å²) in [6.45, 7) is 3.91. The highest BCUT2D eigenvalue weighted by molar-refractivity contribution is 7.89. The van der Waals surface area contributed by atoms with Gasteiger partial charge in [0.1, 0.15) is 5.69 Å². The van der Waals surface area contributed by atoms with E-state index in [1.54, 1.807) is 32.0 Å². The molecule has 0 bridgehead atoms. The number of nitrogens with one attached hydrogen (secondary N) is 1. The molecule has 11 heteroatoms. The number of rotatable bonds is 8. The van der Waals surface area contributed by atoms with E-state index in [1.807, 2.05) is 0 Å². The van der Waals surface area contributed by atoms with Gasteiger partial charge in [0, 0.05) is 24.7 Å². The molecule has 0 unspecified atom stereocenters. The van der Waals surface area contributed by atoms with Gasteiger partial charge in [-0.1, -0.05) is 49.2 Å². The molecule has 0 radical (unpaired) electrons. The van der Waals surface area contributed by atoms with Crippen LogP contribution in [0.4, 0.5) is 11.4 Å². The normalized spacial score (nSPS) is 11.9. The van der Waals surface area contributed by atoms with E-state index in [0.717, 1.165) is 6.07 Å². The lowest BCUT2D eigenvalue weighted by molar-refractivity contribution is -0.384. The van der Waals surface area contributed by atoms with Gasteiger partial charge in [0.05, 0.1) is 26.1 Å². The average molecular weight is 445 g/mol. The Kier molecular flexibility index (Phi) is 7.36. The van der Waals surface area contributed by atoms with Crippen LogP contribution in [0.2, 0.25) is 10.0 Å². The van der Waals surface area contributed by atoms with E-state index < -0.39 is 20.6 Å². The number of hydrogen-bond acceptors (Lipinski definition) is 6. The Labute approximate surface area is 173 Å². The zero-order valence-electron chi connectivity index (χ0n) is 15.1. The number of benzene rings is 2. The van der Waals surface area contributed by atoms with E-state index in [2.05, 4.69) is 10.5 Å². The lowest BCUT2D eigenvalue weighted by Crippen LogP contribution is -2.30. The first-order valence-corrected chi connectivity index (χ1v) is 10.4. The Morgan fingerprint density at radius 2 is 1.89 bits per heavy atom. The zero-order chi connectivity index (χ0) is 20.9. The maximum Gasteiger partial charge on any atom is 0.295 e. The molecule has 8 nitrogen and oxygen atoms in total. The Bertz CT molecular complexity index is 1010. The van der Waals surface area contributed by atoms with Gasteiger partial charge in [-0.15, -0.1) is 0 Å². The number of anilines is 1. The van der Waals surface area contributed by atoms with Crippen molar-refractivity contribution in [3.8, 4) is 0 Å². The molecule has 0 aliphatic heterocycles. The van der Waals surface area contributed by atoms with E-state index in [0.29, 0.717) is 15.6 Å². The van der Waals surface area contributed by atoms with Crippen LogP contribution in [0.3, 0.4) is 0 Å². The number of sulfonamides is 1. The van der Waals surface area contributed by atoms with Crippen molar-refractivity contribution in [1.29, 1.82) is 0 Å². The van der Waals surface area contributed by atoms with Crippen LogP contribution in [0.15, 0.2) is 46.4 Å². The predicted molar refractivity (Wildman–Crippen MR) is 111 cm³/mol. The topological polar surface area (TPSA) is 105 Å². The van der Waals surface area contributed by atoms with Crippen LogP contribution in [0.25, 0.3) is 0 Å². The van der Waals surface area contributed by atoms with Crippen LogP contribution in [0.1, 0.15) is 19.4 Å².